The van der Waals surface area contributed by atoms with Crippen LogP contribution in [0.2, 0.25) is 0 Å². The summed E-state index contributed by atoms with van der Waals surface area (Å²) in [5.41, 5.74) is 6.68. The molecule has 2 N–H and O–H groups in total. The van der Waals surface area contributed by atoms with Gasteiger partial charge in [-0.05, 0) is 23.6 Å². The van der Waals surface area contributed by atoms with Crippen LogP contribution in [0.3, 0.4) is 0 Å². The molecule has 0 spiro atoms. The van der Waals surface area contributed by atoms with Crippen LogP contribution >= 0.6 is 11.3 Å². The molecule has 0 radical (unpaired) electrons. The maximum atomic E-state index is 12.2. The second-order valence-electron chi connectivity index (χ2n) is 3.94. The van der Waals surface area contributed by atoms with Gasteiger partial charge in [0, 0.05) is 16.5 Å². The number of hydrogen-bond donors (Lipinski definition) is 1. The molecule has 0 aliphatic rings. The van der Waals surface area contributed by atoms with Gasteiger partial charge in [0.1, 0.15) is 11.5 Å². The molecule has 0 aliphatic heterocycles. The van der Waals surface area contributed by atoms with Gasteiger partial charge in [0.15, 0.2) is 0 Å². The van der Waals surface area contributed by atoms with Crippen LogP contribution < -0.4 is 15.2 Å². The maximum absolute atomic E-state index is 12.2. The fourth-order valence-corrected chi connectivity index (χ4v) is 2.51. The number of nitrogens with two attached hydrogens (primary N) is 1. The van der Waals surface area contributed by atoms with Crippen LogP contribution in [0.15, 0.2) is 35.7 Å². The molecular weight excluding hydrogens is 291 g/mol. The van der Waals surface area contributed by atoms with Crippen LogP contribution in [0.5, 0.6) is 11.5 Å². The summed E-state index contributed by atoms with van der Waals surface area (Å²) in [5, 5.41) is 1.88. The second kappa shape index (κ2) is 5.72. The predicted octanol–water partition coefficient (Wildman–Crippen LogP) is 3.70. The van der Waals surface area contributed by atoms with Crippen LogP contribution in [0.4, 0.5) is 13.2 Å². The number of methoxy groups -OCH3 is 1. The lowest BCUT2D eigenvalue weighted by Crippen LogP contribution is -2.17. The topological polar surface area (TPSA) is 44.5 Å². The summed E-state index contributed by atoms with van der Waals surface area (Å²) < 4.78 is 45.5. The molecule has 0 fully saturated rings. The SMILES string of the molecule is COc1cc(OC(F)(F)F)ccc1[C@H](N)c1cccs1. The zero-order chi connectivity index (χ0) is 14.8. The van der Waals surface area contributed by atoms with Crippen molar-refractivity contribution in [2.24, 2.45) is 5.73 Å². The normalized spacial score (nSPS) is 13.1. The lowest BCUT2D eigenvalue weighted by atomic mass is 10.0. The van der Waals surface area contributed by atoms with Gasteiger partial charge in [-0.1, -0.05) is 6.07 Å². The molecule has 0 unspecified atom stereocenters. The standard InChI is InChI=1S/C13H12F3NO2S/c1-18-10-7-8(19-13(14,15)16)4-5-9(10)12(17)11-3-2-6-20-11/h2-7,12H,17H2,1H3/t12-/m0/s1. The van der Waals surface area contributed by atoms with Gasteiger partial charge in [-0.2, -0.15) is 0 Å². The van der Waals surface area contributed by atoms with Gasteiger partial charge < -0.3 is 15.2 Å². The van der Waals surface area contributed by atoms with Crippen molar-refractivity contribution in [3.05, 3.63) is 46.2 Å². The molecule has 0 saturated carbocycles. The Hall–Kier alpha value is -1.73. The Bertz CT molecular complexity index is 569. The Labute approximate surface area is 117 Å². The minimum Gasteiger partial charge on any atom is -0.496 e. The minimum atomic E-state index is -4.73. The zero-order valence-corrected chi connectivity index (χ0v) is 11.3. The summed E-state index contributed by atoms with van der Waals surface area (Å²) >= 11 is 1.47. The molecule has 2 rings (SSSR count). The third-order valence-corrected chi connectivity index (χ3v) is 3.58. The van der Waals surface area contributed by atoms with Crippen LogP contribution in [0, 0.1) is 0 Å². The Morgan fingerprint density at radius 2 is 2.00 bits per heavy atom. The molecule has 1 heterocycles. The quantitative estimate of drug-likeness (QED) is 0.936. The highest BCUT2D eigenvalue weighted by molar-refractivity contribution is 7.10. The first-order chi connectivity index (χ1) is 9.40. The van der Waals surface area contributed by atoms with Crippen molar-refractivity contribution in [2.45, 2.75) is 12.4 Å². The summed E-state index contributed by atoms with van der Waals surface area (Å²) in [6.07, 6.45) is -4.73. The Balaban J connectivity index is 2.31. The van der Waals surface area contributed by atoms with E-state index in [9.17, 15) is 13.2 Å². The fourth-order valence-electron chi connectivity index (χ4n) is 1.77. The minimum absolute atomic E-state index is 0.257. The largest absolute Gasteiger partial charge is 0.573 e. The molecule has 1 aromatic carbocycles. The molecule has 0 saturated heterocycles. The van der Waals surface area contributed by atoms with Crippen molar-refractivity contribution in [3.8, 4) is 11.5 Å². The predicted molar refractivity (Wildman–Crippen MR) is 70.0 cm³/mol. The second-order valence-corrected chi connectivity index (χ2v) is 4.92. The average molecular weight is 303 g/mol. The third-order valence-electron chi connectivity index (χ3n) is 2.62. The lowest BCUT2D eigenvalue weighted by molar-refractivity contribution is -0.274. The van der Waals surface area contributed by atoms with E-state index in [2.05, 4.69) is 4.74 Å². The molecule has 7 heteroatoms. The first-order valence-corrected chi connectivity index (χ1v) is 6.51. The van der Waals surface area contributed by atoms with E-state index in [1.807, 2.05) is 17.5 Å². The first-order valence-electron chi connectivity index (χ1n) is 5.63. The molecule has 0 bridgehead atoms. The van der Waals surface area contributed by atoms with E-state index in [1.165, 1.54) is 36.6 Å². The molecule has 0 aliphatic carbocycles. The molecule has 0 amide bonds. The summed E-state index contributed by atoms with van der Waals surface area (Å²) in [4.78, 5) is 0.896. The van der Waals surface area contributed by atoms with E-state index in [0.717, 1.165) is 4.88 Å². The highest BCUT2D eigenvalue weighted by atomic mass is 32.1. The Kier molecular flexibility index (Phi) is 4.20. The van der Waals surface area contributed by atoms with Crippen molar-refractivity contribution in [1.82, 2.24) is 0 Å². The van der Waals surface area contributed by atoms with Crippen LogP contribution in [0.1, 0.15) is 16.5 Å². The van der Waals surface area contributed by atoms with Gasteiger partial charge in [0.05, 0.1) is 13.2 Å². The van der Waals surface area contributed by atoms with E-state index in [0.29, 0.717) is 5.56 Å². The first kappa shape index (κ1) is 14.7. The number of benzene rings is 1. The van der Waals surface area contributed by atoms with Crippen molar-refractivity contribution >= 4 is 11.3 Å². The summed E-state index contributed by atoms with van der Waals surface area (Å²) in [6, 6.07) is 7.13. The molecule has 108 valence electrons. The monoisotopic (exact) mass is 303 g/mol. The molecule has 1 atom stereocenters. The number of ether oxygens (including phenoxy) is 2. The summed E-state index contributed by atoms with van der Waals surface area (Å²) in [7, 11) is 1.37. The van der Waals surface area contributed by atoms with Gasteiger partial charge in [-0.15, -0.1) is 24.5 Å². The van der Waals surface area contributed by atoms with Crippen molar-refractivity contribution in [1.29, 1.82) is 0 Å². The number of rotatable bonds is 4. The number of thiophene rings is 1. The molecule has 20 heavy (non-hydrogen) atoms. The highest BCUT2D eigenvalue weighted by Gasteiger charge is 2.31. The molecule has 1 aromatic heterocycles. The van der Waals surface area contributed by atoms with Gasteiger partial charge in [-0.3, -0.25) is 0 Å². The molecular formula is C13H12F3NO2S. The average Bonchev–Trinajstić information content (AvgIpc) is 2.89. The Morgan fingerprint density at radius 1 is 1.25 bits per heavy atom. The van der Waals surface area contributed by atoms with Crippen molar-refractivity contribution in [3.63, 3.8) is 0 Å². The van der Waals surface area contributed by atoms with E-state index in [1.54, 1.807) is 0 Å². The zero-order valence-electron chi connectivity index (χ0n) is 10.5. The van der Waals surface area contributed by atoms with Gasteiger partial charge in [-0.25, -0.2) is 0 Å². The molecule has 3 nitrogen and oxygen atoms in total. The smallest absolute Gasteiger partial charge is 0.496 e. The van der Waals surface area contributed by atoms with Crippen LogP contribution in [-0.2, 0) is 0 Å². The van der Waals surface area contributed by atoms with E-state index in [-0.39, 0.29) is 11.5 Å². The number of alkyl halides is 3. The van der Waals surface area contributed by atoms with Crippen LogP contribution in [0.25, 0.3) is 0 Å². The van der Waals surface area contributed by atoms with Gasteiger partial charge in [0.25, 0.3) is 0 Å². The summed E-state index contributed by atoms with van der Waals surface area (Å²) in [5.74, 6) is -0.0795. The Morgan fingerprint density at radius 3 is 2.55 bits per heavy atom. The number of hydrogen-bond acceptors (Lipinski definition) is 4. The van der Waals surface area contributed by atoms with E-state index >= 15 is 0 Å². The highest BCUT2D eigenvalue weighted by Crippen LogP contribution is 2.34. The van der Waals surface area contributed by atoms with E-state index in [4.69, 9.17) is 10.5 Å². The van der Waals surface area contributed by atoms with E-state index < -0.39 is 12.4 Å². The summed E-state index contributed by atoms with van der Waals surface area (Å²) in [6.45, 7) is 0. The van der Waals surface area contributed by atoms with Crippen molar-refractivity contribution in [2.75, 3.05) is 7.11 Å². The van der Waals surface area contributed by atoms with Gasteiger partial charge >= 0.3 is 6.36 Å². The number of halogens is 3. The lowest BCUT2D eigenvalue weighted by Gasteiger charge is -2.16. The maximum Gasteiger partial charge on any atom is 0.573 e. The molecule has 2 aromatic rings. The van der Waals surface area contributed by atoms with Crippen LogP contribution in [-0.4, -0.2) is 13.5 Å². The fraction of sp³-hybridized carbons (Fsp3) is 0.231. The van der Waals surface area contributed by atoms with Crippen molar-refractivity contribution < 1.29 is 22.6 Å². The third kappa shape index (κ3) is 3.43. The van der Waals surface area contributed by atoms with Gasteiger partial charge in [0.2, 0.25) is 0 Å².